The van der Waals surface area contributed by atoms with Crippen LogP contribution < -0.4 is 0 Å². The van der Waals surface area contributed by atoms with Crippen molar-refractivity contribution in [3.05, 3.63) is 24.3 Å². The molecular weight excluding hydrogens is 1160 g/mol. The van der Waals surface area contributed by atoms with Crippen molar-refractivity contribution in [2.45, 2.75) is 422 Å². The molecule has 96 heavy (non-hydrogen) atoms. The molecule has 0 aromatic carbocycles. The van der Waals surface area contributed by atoms with Crippen molar-refractivity contribution in [1.29, 1.82) is 0 Å². The van der Waals surface area contributed by atoms with Crippen LogP contribution in [0, 0.1) is 142 Å². The van der Waals surface area contributed by atoms with E-state index in [1.807, 2.05) is 0 Å². The van der Waals surface area contributed by atoms with Crippen molar-refractivity contribution < 1.29 is 0 Å². The lowest BCUT2D eigenvalue weighted by Gasteiger charge is -2.61. The zero-order chi connectivity index (χ0) is 63.7. The molecule has 17 aliphatic carbocycles. The minimum absolute atomic E-state index is 0.872. The first-order valence-corrected chi connectivity index (χ1v) is 46.5. The molecule has 0 amide bonds. The molecule has 17 aliphatic rings. The van der Waals surface area contributed by atoms with Gasteiger partial charge in [-0.1, -0.05) is 140 Å². The number of rotatable bonds is 14. The van der Waals surface area contributed by atoms with Crippen molar-refractivity contribution in [2.75, 3.05) is 0 Å². The summed E-state index contributed by atoms with van der Waals surface area (Å²) in [5.74, 6) is 25.4. The number of hydrogen-bond donors (Lipinski definition) is 0. The maximum Gasteiger partial charge on any atom is 0.0102 e. The Morgan fingerprint density at radius 2 is 0.344 bits per heavy atom. The van der Waals surface area contributed by atoms with Gasteiger partial charge in [0.1, 0.15) is 0 Å². The molecule has 0 radical (unpaired) electrons. The van der Waals surface area contributed by atoms with E-state index < -0.39 is 0 Å². The summed E-state index contributed by atoms with van der Waals surface area (Å²) in [6.07, 6.45) is 105. The quantitative estimate of drug-likeness (QED) is 0.160. The minimum Gasteiger partial charge on any atom is -0.294 e. The monoisotopic (exact) mass is 1310 g/mol. The smallest absolute Gasteiger partial charge is 0.0102 e. The Morgan fingerprint density at radius 1 is 0.135 bits per heavy atom. The van der Waals surface area contributed by atoms with Gasteiger partial charge < -0.3 is 0 Å². The second-order valence-electron chi connectivity index (χ2n) is 40.7. The SMILES string of the molecule is C(=CC1CCC(N(C2CCCCC2)C2CCC(C3CCC(C4CCC(C5CCC(C6CCC(N(C7CCCCC7)C7CCC(C=CC8CCCCC8)CC7)CC6)C6C5CCC5C7CCCCC7CCC56)CC4)C4C3CCC3C5CCCCC5CCC34)CC2)CC1)C1CCCCC1. The van der Waals surface area contributed by atoms with Crippen LogP contribution in [0.2, 0.25) is 0 Å². The van der Waals surface area contributed by atoms with Crippen LogP contribution in [-0.2, 0) is 0 Å². The lowest BCUT2D eigenvalue weighted by Crippen LogP contribution is -2.55. The van der Waals surface area contributed by atoms with Crippen molar-refractivity contribution in [3.8, 4) is 0 Å². The van der Waals surface area contributed by atoms with Gasteiger partial charge in [0.05, 0.1) is 0 Å². The highest BCUT2D eigenvalue weighted by Gasteiger charge is 2.58. The standard InChI is InChI=1S/C94H154N2/c1-5-17-65(18-6-1)29-31-67-33-47-77(48-34-67)95(75-23-9-3-10-24-75)79-51-41-72(42-52-79)84-58-59-85(93-90(84)64-62-87-81-27-15-13-21-69(81)45-55-91(87)93)73-39-37-71(38-40-73)83-57-60-86(94-89(83)63-61-88-82-28-16-14-22-70(82)46-56-92(88)94)74-43-53-80(54-44-74)96(76-25-11-4-12-26-76)78-49-35-68(36-50-78)32-30-66-19-7-2-8-20-66/h29-32,65-94H,1-28,33-64H2. The Kier molecular flexibility index (Phi) is 23.1. The third-order valence-electron chi connectivity index (χ3n) is 36.8. The van der Waals surface area contributed by atoms with Gasteiger partial charge in [-0.2, -0.15) is 0 Å². The molecule has 0 aromatic heterocycles. The molecule has 17 rings (SSSR count). The van der Waals surface area contributed by atoms with Crippen LogP contribution in [0.5, 0.6) is 0 Å². The van der Waals surface area contributed by atoms with E-state index in [2.05, 4.69) is 34.1 Å². The number of allylic oxidation sites excluding steroid dienone is 4. The fourth-order valence-corrected chi connectivity index (χ4v) is 32.6. The van der Waals surface area contributed by atoms with Gasteiger partial charge >= 0.3 is 0 Å². The van der Waals surface area contributed by atoms with Gasteiger partial charge in [0.25, 0.3) is 0 Å². The number of fused-ring (bicyclic) bond motifs is 10. The van der Waals surface area contributed by atoms with E-state index in [9.17, 15) is 0 Å². The van der Waals surface area contributed by atoms with E-state index in [0.717, 1.165) is 178 Å². The molecular formula is C94H154N2. The molecule has 16 unspecified atom stereocenters. The normalized spacial score (nSPS) is 47.7. The fourth-order valence-electron chi connectivity index (χ4n) is 32.6. The van der Waals surface area contributed by atoms with Crippen molar-refractivity contribution in [1.82, 2.24) is 9.80 Å². The van der Waals surface area contributed by atoms with E-state index in [1.54, 1.807) is 205 Å². The summed E-state index contributed by atoms with van der Waals surface area (Å²) in [6, 6.07) is 5.38. The second-order valence-corrected chi connectivity index (χ2v) is 40.7. The van der Waals surface area contributed by atoms with Crippen LogP contribution in [0.25, 0.3) is 0 Å². The molecule has 2 nitrogen and oxygen atoms in total. The minimum atomic E-state index is 0.872. The molecule has 0 aliphatic heterocycles. The van der Waals surface area contributed by atoms with Gasteiger partial charge in [-0.05, 0) is 412 Å². The van der Waals surface area contributed by atoms with Crippen LogP contribution in [-0.4, -0.2) is 46.1 Å². The van der Waals surface area contributed by atoms with Gasteiger partial charge in [0.15, 0.2) is 0 Å². The zero-order valence-corrected chi connectivity index (χ0v) is 63.0. The maximum absolute atomic E-state index is 3.35. The molecule has 17 saturated carbocycles. The van der Waals surface area contributed by atoms with Crippen molar-refractivity contribution in [2.24, 2.45) is 142 Å². The van der Waals surface area contributed by atoms with Crippen LogP contribution in [0.4, 0.5) is 0 Å². The van der Waals surface area contributed by atoms with Crippen LogP contribution in [0.3, 0.4) is 0 Å². The summed E-state index contributed by atoms with van der Waals surface area (Å²) >= 11 is 0. The van der Waals surface area contributed by atoms with Gasteiger partial charge in [-0.3, -0.25) is 9.80 Å². The largest absolute Gasteiger partial charge is 0.294 e. The predicted octanol–water partition coefficient (Wildman–Crippen LogP) is 26.3. The van der Waals surface area contributed by atoms with Crippen molar-refractivity contribution in [3.63, 3.8) is 0 Å². The zero-order valence-electron chi connectivity index (χ0n) is 63.0. The molecule has 0 bridgehead atoms. The summed E-state index contributed by atoms with van der Waals surface area (Å²) in [5.41, 5.74) is 0. The molecule has 540 valence electrons. The number of nitrogens with zero attached hydrogens (tertiary/aromatic N) is 2. The molecule has 2 heteroatoms. The molecule has 0 spiro atoms. The maximum atomic E-state index is 3.35. The first-order valence-electron chi connectivity index (χ1n) is 46.5. The van der Waals surface area contributed by atoms with Crippen LogP contribution >= 0.6 is 0 Å². The summed E-state index contributed by atoms with van der Waals surface area (Å²) in [6.45, 7) is 0. The summed E-state index contributed by atoms with van der Waals surface area (Å²) in [4.78, 5) is 6.70. The third-order valence-corrected chi connectivity index (χ3v) is 36.8. The van der Waals surface area contributed by atoms with E-state index in [0.29, 0.717) is 0 Å². The average molecular weight is 1310 g/mol. The topological polar surface area (TPSA) is 6.48 Å². The lowest BCUT2D eigenvalue weighted by atomic mass is 9.44. The molecule has 17 fully saturated rings. The first-order chi connectivity index (χ1) is 47.6. The molecule has 0 saturated heterocycles. The molecule has 0 aromatic rings. The van der Waals surface area contributed by atoms with Crippen LogP contribution in [0.1, 0.15) is 385 Å². The predicted molar refractivity (Wildman–Crippen MR) is 405 cm³/mol. The van der Waals surface area contributed by atoms with Gasteiger partial charge in [0, 0.05) is 36.3 Å². The number of hydrogen-bond acceptors (Lipinski definition) is 2. The third kappa shape index (κ3) is 14.9. The van der Waals surface area contributed by atoms with Gasteiger partial charge in [-0.15, -0.1) is 0 Å². The molecule has 16 atom stereocenters. The highest BCUT2D eigenvalue weighted by molar-refractivity contribution is 5.09. The average Bonchev–Trinajstić information content (AvgIpc) is 0.744. The summed E-state index contributed by atoms with van der Waals surface area (Å²) in [5, 5.41) is 0. The van der Waals surface area contributed by atoms with Gasteiger partial charge in [-0.25, -0.2) is 0 Å². The Balaban J connectivity index is 0.558. The Labute approximate surface area is 594 Å². The molecule has 0 N–H and O–H groups in total. The summed E-state index contributed by atoms with van der Waals surface area (Å²) in [7, 11) is 0. The Morgan fingerprint density at radius 3 is 0.719 bits per heavy atom. The van der Waals surface area contributed by atoms with E-state index in [-0.39, 0.29) is 0 Å². The fraction of sp³-hybridized carbons (Fsp3) is 0.957. The van der Waals surface area contributed by atoms with E-state index in [1.165, 1.54) is 180 Å². The highest BCUT2D eigenvalue weighted by atomic mass is 15.2. The van der Waals surface area contributed by atoms with E-state index in [4.69, 9.17) is 0 Å². The Hall–Kier alpha value is -0.600. The first kappa shape index (κ1) is 68.5. The summed E-state index contributed by atoms with van der Waals surface area (Å²) < 4.78 is 0. The van der Waals surface area contributed by atoms with Crippen LogP contribution in [0.15, 0.2) is 24.3 Å². The van der Waals surface area contributed by atoms with Crippen molar-refractivity contribution >= 4 is 0 Å². The molecule has 0 heterocycles. The Bertz CT molecular complexity index is 2390. The second kappa shape index (κ2) is 32.4. The lowest BCUT2D eigenvalue weighted by molar-refractivity contribution is -0.121. The van der Waals surface area contributed by atoms with Gasteiger partial charge in [0.2, 0.25) is 0 Å². The van der Waals surface area contributed by atoms with E-state index >= 15 is 0 Å². The highest BCUT2D eigenvalue weighted by Crippen LogP contribution is 2.66.